The van der Waals surface area contributed by atoms with Gasteiger partial charge in [-0.05, 0) is 36.4 Å². The van der Waals surface area contributed by atoms with Crippen molar-refractivity contribution in [1.82, 2.24) is 0 Å². The monoisotopic (exact) mass is 216 g/mol. The molecule has 15 heavy (non-hydrogen) atoms. The van der Waals surface area contributed by atoms with Gasteiger partial charge >= 0.3 is 0 Å². The number of hydrogen-bond donors (Lipinski definition) is 3. The van der Waals surface area contributed by atoms with Gasteiger partial charge in [0.2, 0.25) is 0 Å². The molecule has 0 aliphatic rings. The van der Waals surface area contributed by atoms with Crippen LogP contribution >= 0.6 is 12.8 Å². The Bertz CT molecular complexity index is 411. The quantitative estimate of drug-likeness (QED) is 0.682. The molecule has 0 unspecified atom stereocenters. The van der Waals surface area contributed by atoms with Gasteiger partial charge in [-0.15, -0.1) is 0 Å². The molecule has 2 rings (SSSR count). The first-order valence-corrected chi connectivity index (χ1v) is 5.15. The fourth-order valence-corrected chi connectivity index (χ4v) is 1.47. The highest BCUT2D eigenvalue weighted by atomic mass is 32.1. The predicted molar refractivity (Wildman–Crippen MR) is 68.8 cm³/mol. The van der Waals surface area contributed by atoms with E-state index in [2.05, 4.69) is 22.9 Å². The molecule has 0 saturated heterocycles. The van der Waals surface area contributed by atoms with Crippen molar-refractivity contribution >= 4 is 29.9 Å². The first-order valence-electron chi connectivity index (χ1n) is 4.71. The summed E-state index contributed by atoms with van der Waals surface area (Å²) in [5, 5.41) is 3.30. The molecule has 0 aliphatic carbocycles. The Morgan fingerprint density at radius 3 is 1.80 bits per heavy atom. The van der Waals surface area contributed by atoms with Crippen molar-refractivity contribution in [2.24, 2.45) is 0 Å². The van der Waals surface area contributed by atoms with Gasteiger partial charge in [0.1, 0.15) is 0 Å². The maximum Gasteiger partial charge on any atom is 0.0439 e. The fraction of sp³-hybridized carbons (Fsp3) is 0. The molecular formula is C12H12N2S. The summed E-state index contributed by atoms with van der Waals surface area (Å²) in [6.45, 7) is 0. The Morgan fingerprint density at radius 1 is 0.667 bits per heavy atom. The van der Waals surface area contributed by atoms with Crippen molar-refractivity contribution in [1.29, 1.82) is 0 Å². The summed E-state index contributed by atoms with van der Waals surface area (Å²) in [7, 11) is 0. The van der Waals surface area contributed by atoms with Gasteiger partial charge in [-0.25, -0.2) is 0 Å². The number of hydrogen-bond acceptors (Lipinski definition) is 3. The minimum absolute atomic E-state index is 0.983. The van der Waals surface area contributed by atoms with Gasteiger partial charge in [0, 0.05) is 17.1 Å². The van der Waals surface area contributed by atoms with Crippen LogP contribution in [0.5, 0.6) is 0 Å². The number of rotatable bonds is 3. The molecule has 0 radical (unpaired) electrons. The largest absolute Gasteiger partial charge is 0.356 e. The molecule has 76 valence electrons. The van der Waals surface area contributed by atoms with Crippen LogP contribution in [0.3, 0.4) is 0 Å². The fourth-order valence-electron chi connectivity index (χ4n) is 1.32. The van der Waals surface area contributed by atoms with Gasteiger partial charge in [0.25, 0.3) is 0 Å². The molecule has 0 atom stereocenters. The van der Waals surface area contributed by atoms with E-state index in [1.807, 2.05) is 54.6 Å². The van der Waals surface area contributed by atoms with Crippen LogP contribution < -0.4 is 10.0 Å². The second-order valence-corrected chi connectivity index (χ2v) is 3.40. The van der Waals surface area contributed by atoms with Crippen LogP contribution in [0.2, 0.25) is 0 Å². The molecule has 0 aromatic heterocycles. The molecule has 2 N–H and O–H groups in total. The van der Waals surface area contributed by atoms with E-state index in [9.17, 15) is 0 Å². The molecule has 2 aromatic carbocycles. The van der Waals surface area contributed by atoms with Crippen molar-refractivity contribution in [3.63, 3.8) is 0 Å². The van der Waals surface area contributed by atoms with E-state index < -0.39 is 0 Å². The Kier molecular flexibility index (Phi) is 3.15. The van der Waals surface area contributed by atoms with Crippen LogP contribution in [-0.4, -0.2) is 0 Å². The minimum atomic E-state index is 0.983. The highest BCUT2D eigenvalue weighted by Gasteiger charge is 1.93. The van der Waals surface area contributed by atoms with Crippen molar-refractivity contribution in [3.05, 3.63) is 54.6 Å². The van der Waals surface area contributed by atoms with E-state index in [0.717, 1.165) is 17.1 Å². The molecule has 0 fully saturated rings. The SMILES string of the molecule is SNc1ccc(Nc2ccccc2)cc1. The number of nitrogens with one attached hydrogen (secondary N) is 2. The van der Waals surface area contributed by atoms with Crippen molar-refractivity contribution in [2.75, 3.05) is 10.0 Å². The van der Waals surface area contributed by atoms with Crippen molar-refractivity contribution in [3.8, 4) is 0 Å². The second-order valence-electron chi connectivity index (χ2n) is 3.18. The summed E-state index contributed by atoms with van der Waals surface area (Å²) in [5.41, 5.74) is 3.13. The van der Waals surface area contributed by atoms with Crippen molar-refractivity contribution < 1.29 is 0 Å². The first-order chi connectivity index (χ1) is 7.38. The molecule has 0 amide bonds. The lowest BCUT2D eigenvalue weighted by molar-refractivity contribution is 1.55. The summed E-state index contributed by atoms with van der Waals surface area (Å²) in [6.07, 6.45) is 0. The Hall–Kier alpha value is -1.61. The van der Waals surface area contributed by atoms with E-state index in [0.29, 0.717) is 0 Å². The van der Waals surface area contributed by atoms with Crippen LogP contribution in [0, 0.1) is 0 Å². The van der Waals surface area contributed by atoms with Gasteiger partial charge in [-0.3, -0.25) is 0 Å². The maximum absolute atomic E-state index is 3.97. The smallest absolute Gasteiger partial charge is 0.0439 e. The maximum atomic E-state index is 3.97. The zero-order chi connectivity index (χ0) is 10.5. The Balaban J connectivity index is 2.11. The summed E-state index contributed by atoms with van der Waals surface area (Å²) in [4.78, 5) is 0. The summed E-state index contributed by atoms with van der Waals surface area (Å²) in [6, 6.07) is 18.0. The zero-order valence-corrected chi connectivity index (χ0v) is 9.04. The third-order valence-corrected chi connectivity index (χ3v) is 2.33. The van der Waals surface area contributed by atoms with Crippen LogP contribution in [-0.2, 0) is 0 Å². The lowest BCUT2D eigenvalue weighted by Crippen LogP contribution is -1.89. The summed E-state index contributed by atoms with van der Waals surface area (Å²) < 4.78 is 2.78. The molecule has 0 aliphatic heterocycles. The van der Waals surface area contributed by atoms with E-state index in [1.54, 1.807) is 0 Å². The van der Waals surface area contributed by atoms with Crippen LogP contribution in [0.1, 0.15) is 0 Å². The summed E-state index contributed by atoms with van der Waals surface area (Å²) in [5.74, 6) is 0. The lowest BCUT2D eigenvalue weighted by Gasteiger charge is -2.06. The molecule has 2 nitrogen and oxygen atoms in total. The third kappa shape index (κ3) is 2.67. The molecule has 0 bridgehead atoms. The average Bonchev–Trinajstić information content (AvgIpc) is 2.31. The Labute approximate surface area is 94.9 Å². The van der Waals surface area contributed by atoms with Gasteiger partial charge in [0.05, 0.1) is 0 Å². The van der Waals surface area contributed by atoms with Crippen LogP contribution in [0.25, 0.3) is 0 Å². The Morgan fingerprint density at radius 2 is 1.20 bits per heavy atom. The van der Waals surface area contributed by atoms with Crippen LogP contribution in [0.4, 0.5) is 17.1 Å². The normalized spacial score (nSPS) is 9.67. The number of thiol groups is 1. The van der Waals surface area contributed by atoms with E-state index in [1.165, 1.54) is 0 Å². The predicted octanol–water partition coefficient (Wildman–Crippen LogP) is 3.69. The molecular weight excluding hydrogens is 204 g/mol. The molecule has 0 heterocycles. The highest BCUT2D eigenvalue weighted by molar-refractivity contribution is 7.81. The zero-order valence-electron chi connectivity index (χ0n) is 8.14. The van der Waals surface area contributed by atoms with Crippen LogP contribution in [0.15, 0.2) is 54.6 Å². The lowest BCUT2D eigenvalue weighted by atomic mass is 10.2. The van der Waals surface area contributed by atoms with Gasteiger partial charge in [-0.1, -0.05) is 31.0 Å². The van der Waals surface area contributed by atoms with Gasteiger partial charge in [0.15, 0.2) is 0 Å². The first kappa shape index (κ1) is 9.93. The molecule has 0 spiro atoms. The second kappa shape index (κ2) is 4.75. The van der Waals surface area contributed by atoms with Crippen molar-refractivity contribution in [2.45, 2.75) is 0 Å². The standard InChI is InChI=1S/C12H12N2S/c15-14-12-8-6-11(7-9-12)13-10-4-2-1-3-5-10/h1-9,13-15H. The average molecular weight is 216 g/mol. The highest BCUT2D eigenvalue weighted by Crippen LogP contribution is 2.18. The molecule has 3 heteroatoms. The molecule has 0 saturated carbocycles. The van der Waals surface area contributed by atoms with Gasteiger partial charge < -0.3 is 10.0 Å². The van der Waals surface area contributed by atoms with E-state index in [4.69, 9.17) is 0 Å². The topological polar surface area (TPSA) is 24.1 Å². The summed E-state index contributed by atoms with van der Waals surface area (Å²) >= 11 is 3.97. The van der Waals surface area contributed by atoms with E-state index in [-0.39, 0.29) is 0 Å². The number of anilines is 3. The van der Waals surface area contributed by atoms with Gasteiger partial charge in [-0.2, -0.15) is 0 Å². The third-order valence-electron chi connectivity index (χ3n) is 2.08. The minimum Gasteiger partial charge on any atom is -0.356 e. The van der Waals surface area contributed by atoms with E-state index >= 15 is 0 Å². The number of benzene rings is 2. The number of para-hydroxylation sites is 1. The molecule has 2 aromatic rings.